The number of rotatable bonds is 6. The van der Waals surface area contributed by atoms with Crippen LogP contribution in [0.25, 0.3) is 0 Å². The van der Waals surface area contributed by atoms with Crippen molar-refractivity contribution in [1.82, 2.24) is 9.88 Å². The summed E-state index contributed by atoms with van der Waals surface area (Å²) in [6.07, 6.45) is 1.55. The van der Waals surface area contributed by atoms with E-state index >= 15 is 0 Å². The second kappa shape index (κ2) is 10.1. The Balaban J connectivity index is 0.00000324. The predicted octanol–water partition coefficient (Wildman–Crippen LogP) is 2.39. The largest absolute Gasteiger partial charge is 0.476 e. The lowest BCUT2D eigenvalue weighted by Gasteiger charge is -2.19. The predicted molar refractivity (Wildman–Crippen MR) is 89.6 cm³/mol. The van der Waals surface area contributed by atoms with Crippen LogP contribution < -0.4 is 10.5 Å². The van der Waals surface area contributed by atoms with E-state index in [0.717, 1.165) is 13.1 Å². The Kier molecular flexibility index (Phi) is 9.68. The average molecular weight is 399 g/mol. The zero-order chi connectivity index (χ0) is 13.4. The highest BCUT2D eigenvalue weighted by Gasteiger charge is 2.01. The molecule has 0 radical (unpaired) electrons. The molecule has 1 aromatic heterocycles. The molecule has 0 saturated carbocycles. The van der Waals surface area contributed by atoms with Gasteiger partial charge in [-0.15, -0.1) is 24.0 Å². The first-order valence-corrected chi connectivity index (χ1v) is 6.34. The van der Waals surface area contributed by atoms with Gasteiger partial charge in [-0.1, -0.05) is 11.6 Å². The van der Waals surface area contributed by atoms with Crippen molar-refractivity contribution in [3.8, 4) is 5.88 Å². The summed E-state index contributed by atoms with van der Waals surface area (Å²) in [7, 11) is 0. The van der Waals surface area contributed by atoms with Crippen molar-refractivity contribution in [2.75, 3.05) is 26.2 Å². The molecule has 5 nitrogen and oxygen atoms in total. The number of nitrogens with zero attached hydrogens (tertiary/aromatic N) is 3. The molecule has 0 aliphatic rings. The smallest absolute Gasteiger partial charge is 0.213 e. The third-order valence-corrected chi connectivity index (χ3v) is 2.63. The van der Waals surface area contributed by atoms with Crippen LogP contribution in [0.5, 0.6) is 5.88 Å². The van der Waals surface area contributed by atoms with Crippen molar-refractivity contribution in [3.05, 3.63) is 23.4 Å². The minimum atomic E-state index is 0. The zero-order valence-corrected chi connectivity index (χ0v) is 14.3. The topological polar surface area (TPSA) is 63.7 Å². The molecule has 0 aliphatic heterocycles. The number of hydrogen-bond donors (Lipinski definition) is 1. The third kappa shape index (κ3) is 6.81. The first-order chi connectivity index (χ1) is 8.67. The van der Waals surface area contributed by atoms with Gasteiger partial charge in [0.25, 0.3) is 0 Å². The number of ether oxygens (including phenoxy) is 1. The summed E-state index contributed by atoms with van der Waals surface area (Å²) >= 11 is 5.72. The Labute approximate surface area is 136 Å². The molecule has 0 saturated heterocycles. The molecular formula is C12H20ClIN4O. The van der Waals surface area contributed by atoms with E-state index in [1.165, 1.54) is 0 Å². The van der Waals surface area contributed by atoms with E-state index in [-0.39, 0.29) is 24.0 Å². The molecule has 0 amide bonds. The van der Waals surface area contributed by atoms with E-state index in [4.69, 9.17) is 22.1 Å². The summed E-state index contributed by atoms with van der Waals surface area (Å²) in [5.74, 6) is 1.09. The van der Waals surface area contributed by atoms with Gasteiger partial charge in [-0.05, 0) is 19.9 Å². The molecule has 0 fully saturated rings. The average Bonchev–Trinajstić information content (AvgIpc) is 2.38. The molecule has 0 unspecified atom stereocenters. The van der Waals surface area contributed by atoms with E-state index in [9.17, 15) is 0 Å². The normalized spacial score (nSPS) is 10.8. The third-order valence-electron chi connectivity index (χ3n) is 2.40. The molecule has 108 valence electrons. The minimum absolute atomic E-state index is 0. The summed E-state index contributed by atoms with van der Waals surface area (Å²) in [4.78, 5) is 10.2. The van der Waals surface area contributed by atoms with Crippen molar-refractivity contribution >= 4 is 41.5 Å². The molecule has 7 heteroatoms. The summed E-state index contributed by atoms with van der Waals surface area (Å²) in [6.45, 7) is 6.74. The highest BCUT2D eigenvalue weighted by Crippen LogP contribution is 2.10. The van der Waals surface area contributed by atoms with Gasteiger partial charge in [-0.2, -0.15) is 0 Å². The fourth-order valence-electron chi connectivity index (χ4n) is 1.41. The van der Waals surface area contributed by atoms with Crippen LogP contribution in [-0.4, -0.2) is 42.1 Å². The van der Waals surface area contributed by atoms with Crippen LogP contribution in [-0.2, 0) is 0 Å². The van der Waals surface area contributed by atoms with Crippen LogP contribution >= 0.6 is 35.6 Å². The lowest BCUT2D eigenvalue weighted by molar-refractivity contribution is 0.315. The van der Waals surface area contributed by atoms with Gasteiger partial charge in [0.2, 0.25) is 5.88 Å². The summed E-state index contributed by atoms with van der Waals surface area (Å²) in [5.41, 5.74) is 5.83. The summed E-state index contributed by atoms with van der Waals surface area (Å²) in [5, 5.41) is 0.589. The van der Waals surface area contributed by atoms with Crippen LogP contribution in [0.2, 0.25) is 5.02 Å². The molecular weight excluding hydrogens is 379 g/mol. The second-order valence-corrected chi connectivity index (χ2v) is 4.01. The number of aromatic nitrogens is 1. The number of hydrogen-bond acceptors (Lipinski definition) is 3. The molecule has 1 heterocycles. The lowest BCUT2D eigenvalue weighted by Crippen LogP contribution is -2.37. The maximum atomic E-state index is 5.83. The van der Waals surface area contributed by atoms with Gasteiger partial charge in [-0.3, -0.25) is 0 Å². The summed E-state index contributed by atoms with van der Waals surface area (Å²) < 4.78 is 5.41. The van der Waals surface area contributed by atoms with Gasteiger partial charge in [0.15, 0.2) is 5.96 Å². The van der Waals surface area contributed by atoms with E-state index in [2.05, 4.69) is 9.98 Å². The zero-order valence-electron chi connectivity index (χ0n) is 11.2. The van der Waals surface area contributed by atoms with Gasteiger partial charge in [0.05, 0.1) is 11.6 Å². The van der Waals surface area contributed by atoms with E-state index in [1.54, 1.807) is 18.3 Å². The van der Waals surface area contributed by atoms with Crippen molar-refractivity contribution in [2.24, 2.45) is 10.7 Å². The molecule has 1 rings (SSSR count). The molecule has 1 aromatic rings. The number of pyridine rings is 1. The standard InChI is InChI=1S/C12H19ClN4O.HI/c1-3-17(4-2)12(14)15-7-8-18-11-6-5-10(13)9-16-11;/h5-6,9H,3-4,7-8H2,1-2H3,(H2,14,15);1H. The van der Waals surface area contributed by atoms with Gasteiger partial charge in [0, 0.05) is 25.4 Å². The first kappa shape index (κ1) is 18.2. The first-order valence-electron chi connectivity index (χ1n) is 5.96. The Morgan fingerprint density at radius 2 is 2.11 bits per heavy atom. The van der Waals surface area contributed by atoms with Gasteiger partial charge in [0.1, 0.15) is 6.61 Å². The second-order valence-electron chi connectivity index (χ2n) is 3.58. The SMILES string of the molecule is CCN(CC)C(N)=NCCOc1ccc(Cl)cn1.I. The molecule has 0 aromatic carbocycles. The van der Waals surface area contributed by atoms with Crippen LogP contribution in [0.15, 0.2) is 23.3 Å². The number of halogens is 2. The summed E-state index contributed by atoms with van der Waals surface area (Å²) in [6, 6.07) is 3.46. The lowest BCUT2D eigenvalue weighted by atomic mass is 10.5. The van der Waals surface area contributed by atoms with Crippen LogP contribution in [0.4, 0.5) is 0 Å². The number of nitrogens with two attached hydrogens (primary N) is 1. The molecule has 0 spiro atoms. The highest BCUT2D eigenvalue weighted by atomic mass is 127. The van der Waals surface area contributed by atoms with Crippen molar-refractivity contribution in [1.29, 1.82) is 0 Å². The Hall–Kier alpha value is -0.760. The quantitative estimate of drug-likeness (QED) is 0.346. The molecule has 2 N–H and O–H groups in total. The Bertz CT molecular complexity index is 382. The molecule has 0 atom stereocenters. The highest BCUT2D eigenvalue weighted by molar-refractivity contribution is 14.0. The Morgan fingerprint density at radius 3 is 2.63 bits per heavy atom. The van der Waals surface area contributed by atoms with Gasteiger partial charge in [-0.25, -0.2) is 9.98 Å². The van der Waals surface area contributed by atoms with Crippen LogP contribution in [0, 0.1) is 0 Å². The van der Waals surface area contributed by atoms with Crippen molar-refractivity contribution < 1.29 is 4.74 Å². The monoisotopic (exact) mass is 398 g/mol. The number of aliphatic imine (C=N–C) groups is 1. The fraction of sp³-hybridized carbons (Fsp3) is 0.500. The van der Waals surface area contributed by atoms with Crippen molar-refractivity contribution in [3.63, 3.8) is 0 Å². The molecule has 0 aliphatic carbocycles. The minimum Gasteiger partial charge on any atom is -0.476 e. The van der Waals surface area contributed by atoms with E-state index in [0.29, 0.717) is 30.0 Å². The molecule has 19 heavy (non-hydrogen) atoms. The number of guanidine groups is 1. The van der Waals surface area contributed by atoms with Crippen LogP contribution in [0.1, 0.15) is 13.8 Å². The maximum absolute atomic E-state index is 5.83. The maximum Gasteiger partial charge on any atom is 0.213 e. The Morgan fingerprint density at radius 1 is 1.42 bits per heavy atom. The van der Waals surface area contributed by atoms with E-state index < -0.39 is 0 Å². The fourth-order valence-corrected chi connectivity index (χ4v) is 1.52. The van der Waals surface area contributed by atoms with Crippen molar-refractivity contribution in [2.45, 2.75) is 13.8 Å². The van der Waals surface area contributed by atoms with Gasteiger partial charge >= 0.3 is 0 Å². The van der Waals surface area contributed by atoms with Crippen LogP contribution in [0.3, 0.4) is 0 Å². The van der Waals surface area contributed by atoms with E-state index in [1.807, 2.05) is 18.7 Å². The molecule has 0 bridgehead atoms. The van der Waals surface area contributed by atoms with Gasteiger partial charge < -0.3 is 15.4 Å².